The van der Waals surface area contributed by atoms with Crippen LogP contribution < -0.4 is 10.1 Å². The van der Waals surface area contributed by atoms with Crippen LogP contribution in [0.2, 0.25) is 0 Å². The number of carbonyl (C=O) groups is 1. The van der Waals surface area contributed by atoms with Crippen LogP contribution in [-0.2, 0) is 6.42 Å². The maximum Gasteiger partial charge on any atom is 0.273 e. The van der Waals surface area contributed by atoms with E-state index in [2.05, 4.69) is 10.3 Å². The highest BCUT2D eigenvalue weighted by Gasteiger charge is 2.15. The maximum atomic E-state index is 12.3. The van der Waals surface area contributed by atoms with Crippen LogP contribution in [-0.4, -0.2) is 29.5 Å². The van der Waals surface area contributed by atoms with Crippen molar-refractivity contribution in [3.05, 3.63) is 69.4 Å². The van der Waals surface area contributed by atoms with Crippen molar-refractivity contribution in [2.75, 3.05) is 13.7 Å². The number of nitrogens with one attached hydrogen (secondary N) is 2. The van der Waals surface area contributed by atoms with Crippen molar-refractivity contribution in [2.24, 2.45) is 0 Å². The van der Waals surface area contributed by atoms with Crippen LogP contribution in [0.5, 0.6) is 5.75 Å². The van der Waals surface area contributed by atoms with E-state index in [1.165, 1.54) is 6.07 Å². The van der Waals surface area contributed by atoms with Crippen LogP contribution in [0, 0.1) is 17.0 Å². The molecule has 1 heterocycles. The number of nitro groups is 1. The van der Waals surface area contributed by atoms with Crippen molar-refractivity contribution in [1.29, 1.82) is 0 Å². The van der Waals surface area contributed by atoms with E-state index in [9.17, 15) is 14.9 Å². The molecule has 0 aliphatic heterocycles. The number of rotatable bonds is 6. The number of aromatic nitrogens is 1. The van der Waals surface area contributed by atoms with Crippen molar-refractivity contribution in [1.82, 2.24) is 10.3 Å². The van der Waals surface area contributed by atoms with Gasteiger partial charge in [0.25, 0.3) is 11.6 Å². The van der Waals surface area contributed by atoms with Gasteiger partial charge in [-0.2, -0.15) is 0 Å². The Morgan fingerprint density at radius 3 is 2.81 bits per heavy atom. The Morgan fingerprint density at radius 2 is 2.08 bits per heavy atom. The Hall–Kier alpha value is -3.35. The summed E-state index contributed by atoms with van der Waals surface area (Å²) in [6.45, 7) is 2.07. The van der Waals surface area contributed by atoms with Gasteiger partial charge >= 0.3 is 0 Å². The number of carbonyl (C=O) groups excluding carboxylic acids is 1. The fourth-order valence-electron chi connectivity index (χ4n) is 2.85. The van der Waals surface area contributed by atoms with Crippen molar-refractivity contribution in [2.45, 2.75) is 13.3 Å². The average Bonchev–Trinajstić information content (AvgIpc) is 3.04. The first-order valence-electron chi connectivity index (χ1n) is 8.17. The van der Waals surface area contributed by atoms with Gasteiger partial charge in [0.15, 0.2) is 0 Å². The molecule has 1 aromatic heterocycles. The highest BCUT2D eigenvalue weighted by Crippen LogP contribution is 2.24. The molecule has 0 atom stereocenters. The van der Waals surface area contributed by atoms with Gasteiger partial charge in [-0.3, -0.25) is 14.9 Å². The summed E-state index contributed by atoms with van der Waals surface area (Å²) in [4.78, 5) is 26.0. The number of H-pyrrole nitrogens is 1. The summed E-state index contributed by atoms with van der Waals surface area (Å²) in [5.41, 5.74) is 2.82. The summed E-state index contributed by atoms with van der Waals surface area (Å²) in [6.07, 6.45) is 2.54. The second-order valence-electron chi connectivity index (χ2n) is 5.99. The third-order valence-corrected chi connectivity index (χ3v) is 4.32. The predicted octanol–water partition coefficient (Wildman–Crippen LogP) is 3.37. The van der Waals surface area contributed by atoms with E-state index in [0.717, 1.165) is 22.2 Å². The number of nitrogens with zero attached hydrogens (tertiary/aromatic N) is 1. The first kappa shape index (κ1) is 17.5. The number of amides is 1. The molecular weight excluding hydrogens is 334 g/mol. The van der Waals surface area contributed by atoms with Gasteiger partial charge in [0.1, 0.15) is 5.75 Å². The Kier molecular flexibility index (Phi) is 4.88. The Labute approximate surface area is 150 Å². The first-order valence-corrected chi connectivity index (χ1v) is 8.17. The number of hydrogen-bond donors (Lipinski definition) is 2. The summed E-state index contributed by atoms with van der Waals surface area (Å²) in [5.74, 6) is 0.444. The van der Waals surface area contributed by atoms with E-state index in [0.29, 0.717) is 18.5 Å². The number of hydrogen-bond acceptors (Lipinski definition) is 4. The zero-order chi connectivity index (χ0) is 18.7. The topological polar surface area (TPSA) is 97.3 Å². The van der Waals surface area contributed by atoms with Crippen LogP contribution in [0.1, 0.15) is 21.5 Å². The molecule has 0 radical (unpaired) electrons. The summed E-state index contributed by atoms with van der Waals surface area (Å²) >= 11 is 0. The van der Waals surface area contributed by atoms with E-state index < -0.39 is 4.92 Å². The molecular formula is C19H19N3O4. The van der Waals surface area contributed by atoms with Crippen molar-refractivity contribution >= 4 is 22.5 Å². The lowest BCUT2D eigenvalue weighted by Gasteiger charge is -2.06. The molecule has 0 saturated carbocycles. The fourth-order valence-corrected chi connectivity index (χ4v) is 2.85. The quantitative estimate of drug-likeness (QED) is 0.524. The first-order chi connectivity index (χ1) is 12.5. The van der Waals surface area contributed by atoms with E-state index in [4.69, 9.17) is 4.74 Å². The Bertz CT molecular complexity index is 978. The van der Waals surface area contributed by atoms with E-state index in [1.807, 2.05) is 24.4 Å². The van der Waals surface area contributed by atoms with E-state index >= 15 is 0 Å². The minimum Gasteiger partial charge on any atom is -0.497 e. The molecule has 26 heavy (non-hydrogen) atoms. The molecule has 0 fully saturated rings. The molecule has 0 aliphatic carbocycles. The van der Waals surface area contributed by atoms with Gasteiger partial charge in [-0.05, 0) is 43.2 Å². The minimum absolute atomic E-state index is 0.0543. The van der Waals surface area contributed by atoms with Crippen LogP contribution in [0.4, 0.5) is 5.69 Å². The molecule has 0 saturated heterocycles. The van der Waals surface area contributed by atoms with E-state index in [-0.39, 0.29) is 17.2 Å². The van der Waals surface area contributed by atoms with Gasteiger partial charge in [0.05, 0.1) is 12.0 Å². The van der Waals surface area contributed by atoms with E-state index in [1.54, 1.807) is 26.2 Å². The van der Waals surface area contributed by atoms with Crippen LogP contribution >= 0.6 is 0 Å². The average molecular weight is 353 g/mol. The molecule has 1 amide bonds. The summed E-state index contributed by atoms with van der Waals surface area (Å²) < 4.78 is 5.25. The number of benzene rings is 2. The molecule has 7 heteroatoms. The van der Waals surface area contributed by atoms with Crippen LogP contribution in [0.25, 0.3) is 10.9 Å². The number of methoxy groups -OCH3 is 1. The summed E-state index contributed by atoms with van der Waals surface area (Å²) in [6, 6.07) is 10.3. The zero-order valence-corrected chi connectivity index (χ0v) is 14.5. The highest BCUT2D eigenvalue weighted by atomic mass is 16.6. The number of aryl methyl sites for hydroxylation is 1. The summed E-state index contributed by atoms with van der Waals surface area (Å²) in [5, 5.41) is 14.9. The highest BCUT2D eigenvalue weighted by molar-refractivity contribution is 5.95. The number of ether oxygens (including phenoxy) is 1. The molecule has 3 aromatic rings. The molecule has 0 bridgehead atoms. The number of fused-ring (bicyclic) bond motifs is 1. The predicted molar refractivity (Wildman–Crippen MR) is 98.7 cm³/mol. The Balaban J connectivity index is 1.67. The third kappa shape index (κ3) is 3.51. The van der Waals surface area contributed by atoms with Gasteiger partial charge in [-0.25, -0.2) is 0 Å². The minimum atomic E-state index is -0.481. The number of nitro benzene ring substituents is 1. The molecule has 3 rings (SSSR count). The van der Waals surface area contributed by atoms with Gasteiger partial charge in [-0.1, -0.05) is 6.07 Å². The summed E-state index contributed by atoms with van der Waals surface area (Å²) in [7, 11) is 1.62. The molecule has 0 unspecified atom stereocenters. The third-order valence-electron chi connectivity index (χ3n) is 4.32. The standard InChI is InChI=1S/C19H19N3O4/c1-12-3-4-13(9-18(12)22(24)25)19(23)20-8-7-14-11-21-17-6-5-15(26-2)10-16(14)17/h3-6,9-11,21H,7-8H2,1-2H3,(H,20,23). The lowest BCUT2D eigenvalue weighted by atomic mass is 10.1. The molecule has 0 spiro atoms. The maximum absolute atomic E-state index is 12.3. The lowest BCUT2D eigenvalue weighted by Crippen LogP contribution is -2.25. The monoisotopic (exact) mass is 353 g/mol. The molecule has 2 N–H and O–H groups in total. The second kappa shape index (κ2) is 7.26. The number of aromatic amines is 1. The van der Waals surface area contributed by atoms with Crippen LogP contribution in [0.3, 0.4) is 0 Å². The molecule has 7 nitrogen and oxygen atoms in total. The van der Waals surface area contributed by atoms with Gasteiger partial charge in [-0.15, -0.1) is 0 Å². The van der Waals surface area contributed by atoms with Crippen LogP contribution in [0.15, 0.2) is 42.6 Å². The smallest absolute Gasteiger partial charge is 0.273 e. The molecule has 0 aliphatic rings. The van der Waals surface area contributed by atoms with Gasteiger partial charge < -0.3 is 15.0 Å². The normalized spacial score (nSPS) is 10.7. The SMILES string of the molecule is COc1ccc2[nH]cc(CCNC(=O)c3ccc(C)c([N+](=O)[O-])c3)c2c1. The lowest BCUT2D eigenvalue weighted by molar-refractivity contribution is -0.385. The second-order valence-corrected chi connectivity index (χ2v) is 5.99. The van der Waals surface area contributed by atoms with Gasteiger partial charge in [0.2, 0.25) is 0 Å². The molecule has 134 valence electrons. The van der Waals surface area contributed by atoms with Crippen molar-refractivity contribution in [3.8, 4) is 5.75 Å². The molecule has 2 aromatic carbocycles. The van der Waals surface area contributed by atoms with Gasteiger partial charge in [0, 0.05) is 40.8 Å². The van der Waals surface area contributed by atoms with Crippen molar-refractivity contribution in [3.63, 3.8) is 0 Å². The fraction of sp³-hybridized carbons (Fsp3) is 0.211. The zero-order valence-electron chi connectivity index (χ0n) is 14.5. The Morgan fingerprint density at radius 1 is 1.27 bits per heavy atom. The van der Waals surface area contributed by atoms with Crippen molar-refractivity contribution < 1.29 is 14.5 Å². The largest absolute Gasteiger partial charge is 0.497 e.